The van der Waals surface area contributed by atoms with Crippen molar-refractivity contribution in [2.24, 2.45) is 0 Å². The largest absolute Gasteiger partial charge is 0.415 e. The highest BCUT2D eigenvalue weighted by Gasteiger charge is 2.15. The van der Waals surface area contributed by atoms with E-state index in [4.69, 9.17) is 4.74 Å². The molecule has 0 aliphatic carbocycles. The first-order valence-electron chi connectivity index (χ1n) is 7.54. The van der Waals surface area contributed by atoms with E-state index in [-0.39, 0.29) is 6.09 Å². The molecule has 0 bridgehead atoms. The number of hydrogen-bond donors (Lipinski definition) is 0. The predicted molar refractivity (Wildman–Crippen MR) is 90.4 cm³/mol. The fourth-order valence-corrected chi connectivity index (χ4v) is 2.67. The van der Waals surface area contributed by atoms with Gasteiger partial charge in [0.2, 0.25) is 0 Å². The number of fused-ring (bicyclic) bond motifs is 2. The maximum Gasteiger partial charge on any atom is 0.415 e. The standard InChI is InChI=1S/C19H19NO2/c1-3-12-20(2)19(21)22-18-16-10-6-4-8-14(16)13-15-9-5-7-11-17(15)18/h4-11,13H,3,12H2,1-2H3. The van der Waals surface area contributed by atoms with Crippen LogP contribution in [-0.4, -0.2) is 24.6 Å². The summed E-state index contributed by atoms with van der Waals surface area (Å²) in [6, 6.07) is 18.1. The molecule has 0 unspecified atom stereocenters. The maximum atomic E-state index is 12.3. The SMILES string of the molecule is CCCN(C)C(=O)Oc1c2ccccc2cc2ccccc12. The zero-order valence-corrected chi connectivity index (χ0v) is 12.9. The second-order valence-electron chi connectivity index (χ2n) is 5.44. The molecule has 0 aliphatic heterocycles. The van der Waals surface area contributed by atoms with Crippen molar-refractivity contribution < 1.29 is 9.53 Å². The summed E-state index contributed by atoms with van der Waals surface area (Å²) in [6.45, 7) is 2.72. The smallest absolute Gasteiger partial charge is 0.409 e. The first-order chi connectivity index (χ1) is 10.7. The summed E-state index contributed by atoms with van der Waals surface area (Å²) in [6.07, 6.45) is 0.588. The Morgan fingerprint density at radius 2 is 1.55 bits per heavy atom. The van der Waals surface area contributed by atoms with E-state index >= 15 is 0 Å². The average Bonchev–Trinajstić information content (AvgIpc) is 2.54. The van der Waals surface area contributed by atoms with Crippen LogP contribution in [0.15, 0.2) is 54.6 Å². The number of carbonyl (C=O) groups excluding carboxylic acids is 1. The molecule has 0 aromatic heterocycles. The van der Waals surface area contributed by atoms with Crippen molar-refractivity contribution in [2.75, 3.05) is 13.6 Å². The number of amides is 1. The second kappa shape index (κ2) is 6.06. The Balaban J connectivity index is 2.14. The third kappa shape index (κ3) is 2.62. The normalized spacial score (nSPS) is 10.8. The third-order valence-corrected chi connectivity index (χ3v) is 3.78. The Hall–Kier alpha value is -2.55. The van der Waals surface area contributed by atoms with Crippen molar-refractivity contribution >= 4 is 27.6 Å². The molecule has 0 aliphatic rings. The lowest BCUT2D eigenvalue weighted by Gasteiger charge is -2.18. The Labute approximate surface area is 130 Å². The van der Waals surface area contributed by atoms with Crippen molar-refractivity contribution in [3.63, 3.8) is 0 Å². The highest BCUT2D eigenvalue weighted by atomic mass is 16.6. The van der Waals surface area contributed by atoms with E-state index in [0.29, 0.717) is 12.3 Å². The van der Waals surface area contributed by atoms with Crippen LogP contribution in [0.4, 0.5) is 4.79 Å². The van der Waals surface area contributed by atoms with Gasteiger partial charge in [0.1, 0.15) is 5.75 Å². The van der Waals surface area contributed by atoms with Gasteiger partial charge in [-0.05, 0) is 23.3 Å². The highest BCUT2D eigenvalue weighted by Crippen LogP contribution is 2.35. The Morgan fingerprint density at radius 3 is 2.09 bits per heavy atom. The van der Waals surface area contributed by atoms with Gasteiger partial charge >= 0.3 is 6.09 Å². The molecule has 0 saturated carbocycles. The Bertz CT molecular complexity index is 772. The van der Waals surface area contributed by atoms with Crippen molar-refractivity contribution in [3.05, 3.63) is 54.6 Å². The van der Waals surface area contributed by atoms with Crippen molar-refractivity contribution in [1.29, 1.82) is 0 Å². The second-order valence-corrected chi connectivity index (χ2v) is 5.44. The van der Waals surface area contributed by atoms with Crippen molar-refractivity contribution in [3.8, 4) is 5.75 Å². The van der Waals surface area contributed by atoms with Crippen LogP contribution in [0.2, 0.25) is 0 Å². The monoisotopic (exact) mass is 293 g/mol. The van der Waals surface area contributed by atoms with Crippen LogP contribution < -0.4 is 4.74 Å². The first-order valence-corrected chi connectivity index (χ1v) is 7.54. The molecule has 0 heterocycles. The lowest BCUT2D eigenvalue weighted by Crippen LogP contribution is -2.30. The number of carbonyl (C=O) groups is 1. The highest BCUT2D eigenvalue weighted by molar-refractivity contribution is 6.06. The Morgan fingerprint density at radius 1 is 1.00 bits per heavy atom. The van der Waals surface area contributed by atoms with E-state index < -0.39 is 0 Å². The molecule has 0 spiro atoms. The van der Waals surface area contributed by atoms with Gasteiger partial charge in [-0.1, -0.05) is 55.5 Å². The third-order valence-electron chi connectivity index (χ3n) is 3.78. The van der Waals surface area contributed by atoms with Gasteiger partial charge < -0.3 is 9.64 Å². The summed E-state index contributed by atoms with van der Waals surface area (Å²) in [4.78, 5) is 13.9. The van der Waals surface area contributed by atoms with E-state index in [2.05, 4.69) is 6.07 Å². The summed E-state index contributed by atoms with van der Waals surface area (Å²) in [5, 5.41) is 4.06. The lowest BCUT2D eigenvalue weighted by atomic mass is 10.0. The van der Waals surface area contributed by atoms with Gasteiger partial charge in [-0.25, -0.2) is 4.79 Å². The number of benzene rings is 3. The minimum absolute atomic E-state index is 0.316. The molecule has 3 heteroatoms. The molecule has 112 valence electrons. The Kier molecular flexibility index (Phi) is 3.96. The lowest BCUT2D eigenvalue weighted by molar-refractivity contribution is 0.164. The van der Waals surface area contributed by atoms with E-state index in [1.165, 1.54) is 0 Å². The molecule has 0 radical (unpaired) electrons. The summed E-state index contributed by atoms with van der Waals surface area (Å²) in [5.41, 5.74) is 0. The molecule has 0 N–H and O–H groups in total. The fraction of sp³-hybridized carbons (Fsp3) is 0.211. The van der Waals surface area contributed by atoms with E-state index in [1.807, 2.05) is 55.5 Å². The van der Waals surface area contributed by atoms with Crippen molar-refractivity contribution in [2.45, 2.75) is 13.3 Å². The summed E-state index contributed by atoms with van der Waals surface area (Å²) < 4.78 is 5.74. The molecule has 22 heavy (non-hydrogen) atoms. The van der Waals surface area contributed by atoms with E-state index in [1.54, 1.807) is 11.9 Å². The topological polar surface area (TPSA) is 29.5 Å². The molecule has 0 fully saturated rings. The molecule has 0 saturated heterocycles. The molecule has 3 rings (SSSR count). The van der Waals surface area contributed by atoms with Crippen LogP contribution >= 0.6 is 0 Å². The first kappa shape index (κ1) is 14.4. The summed E-state index contributed by atoms with van der Waals surface area (Å²) >= 11 is 0. The molecule has 3 nitrogen and oxygen atoms in total. The summed E-state index contributed by atoms with van der Waals surface area (Å²) in [7, 11) is 1.76. The average molecular weight is 293 g/mol. The van der Waals surface area contributed by atoms with E-state index in [9.17, 15) is 4.79 Å². The van der Waals surface area contributed by atoms with Crippen LogP contribution in [0.25, 0.3) is 21.5 Å². The van der Waals surface area contributed by atoms with Gasteiger partial charge in [-0.2, -0.15) is 0 Å². The van der Waals surface area contributed by atoms with Crippen LogP contribution in [0.1, 0.15) is 13.3 Å². The maximum absolute atomic E-state index is 12.3. The van der Waals surface area contributed by atoms with Crippen LogP contribution in [0, 0.1) is 0 Å². The van der Waals surface area contributed by atoms with E-state index in [0.717, 1.165) is 28.0 Å². The number of rotatable bonds is 3. The van der Waals surface area contributed by atoms with Crippen molar-refractivity contribution in [1.82, 2.24) is 4.90 Å². The predicted octanol–water partition coefficient (Wildman–Crippen LogP) is 4.83. The number of ether oxygens (including phenoxy) is 1. The minimum Gasteiger partial charge on any atom is -0.409 e. The number of hydrogen-bond acceptors (Lipinski definition) is 2. The fourth-order valence-electron chi connectivity index (χ4n) is 2.67. The van der Waals surface area contributed by atoms with Gasteiger partial charge in [0.05, 0.1) is 0 Å². The van der Waals surface area contributed by atoms with Crippen LogP contribution in [0.5, 0.6) is 5.75 Å². The van der Waals surface area contributed by atoms with Gasteiger partial charge in [0.15, 0.2) is 0 Å². The zero-order valence-electron chi connectivity index (χ0n) is 12.9. The summed E-state index contributed by atoms with van der Waals surface area (Å²) in [5.74, 6) is 0.640. The van der Waals surface area contributed by atoms with Crippen LogP contribution in [0.3, 0.4) is 0 Å². The minimum atomic E-state index is -0.316. The molecule has 3 aromatic rings. The van der Waals surface area contributed by atoms with Gasteiger partial charge in [0.25, 0.3) is 0 Å². The number of nitrogens with zero attached hydrogens (tertiary/aromatic N) is 1. The van der Waals surface area contributed by atoms with Gasteiger partial charge in [0, 0.05) is 24.4 Å². The molecule has 0 atom stereocenters. The molecule has 3 aromatic carbocycles. The quantitative estimate of drug-likeness (QED) is 0.647. The van der Waals surface area contributed by atoms with Gasteiger partial charge in [-0.3, -0.25) is 0 Å². The van der Waals surface area contributed by atoms with Gasteiger partial charge in [-0.15, -0.1) is 0 Å². The molecule has 1 amide bonds. The molecular weight excluding hydrogens is 274 g/mol. The molecular formula is C19H19NO2. The zero-order chi connectivity index (χ0) is 15.5. The van der Waals surface area contributed by atoms with Crippen LogP contribution in [-0.2, 0) is 0 Å².